The number of halogens is 1. The van der Waals surface area contributed by atoms with Crippen molar-refractivity contribution in [3.05, 3.63) is 45.6 Å². The molecule has 0 unspecified atom stereocenters. The molecule has 2 aromatic heterocycles. The van der Waals surface area contributed by atoms with Gasteiger partial charge in [-0.05, 0) is 43.1 Å². The maximum atomic E-state index is 11.9. The number of hydrogen-bond donors (Lipinski definition) is 1. The Morgan fingerprint density at radius 3 is 2.74 bits per heavy atom. The van der Waals surface area contributed by atoms with E-state index in [2.05, 4.69) is 15.3 Å². The third-order valence-electron chi connectivity index (χ3n) is 3.59. The lowest BCUT2D eigenvalue weighted by Crippen LogP contribution is -2.06. The SMILES string of the molecule is COC(=O)c1ccccc1Nc1nc(Cl)nc2sc(C)c(C)c12. The number of rotatable bonds is 3. The zero-order valence-corrected chi connectivity index (χ0v) is 14.4. The van der Waals surface area contributed by atoms with Crippen LogP contribution in [0, 0.1) is 13.8 Å². The number of nitrogens with one attached hydrogen (secondary N) is 1. The maximum absolute atomic E-state index is 11.9. The van der Waals surface area contributed by atoms with Gasteiger partial charge in [-0.25, -0.2) is 9.78 Å². The lowest BCUT2D eigenvalue weighted by Gasteiger charge is -2.11. The molecule has 0 saturated carbocycles. The molecular formula is C16H14ClN3O2S. The fourth-order valence-electron chi connectivity index (χ4n) is 2.32. The smallest absolute Gasteiger partial charge is 0.339 e. The van der Waals surface area contributed by atoms with E-state index in [1.165, 1.54) is 7.11 Å². The zero-order chi connectivity index (χ0) is 16.6. The number of carbonyl (C=O) groups excluding carboxylic acids is 1. The first-order valence-corrected chi connectivity index (χ1v) is 8.08. The Hall–Kier alpha value is -2.18. The predicted octanol–water partition coefficient (Wildman–Crippen LogP) is 4.49. The number of benzene rings is 1. The molecule has 0 amide bonds. The number of fused-ring (bicyclic) bond motifs is 1. The van der Waals surface area contributed by atoms with Crippen molar-refractivity contribution in [1.29, 1.82) is 0 Å². The number of ether oxygens (including phenoxy) is 1. The van der Waals surface area contributed by atoms with Crippen LogP contribution in [0.25, 0.3) is 10.2 Å². The summed E-state index contributed by atoms with van der Waals surface area (Å²) < 4.78 is 4.82. The van der Waals surface area contributed by atoms with E-state index in [9.17, 15) is 4.79 Å². The third kappa shape index (κ3) is 2.87. The molecule has 2 heterocycles. The van der Waals surface area contributed by atoms with Gasteiger partial charge >= 0.3 is 5.97 Å². The number of hydrogen-bond acceptors (Lipinski definition) is 6. The minimum atomic E-state index is -0.414. The highest BCUT2D eigenvalue weighted by Crippen LogP contribution is 2.35. The normalized spacial score (nSPS) is 10.8. The van der Waals surface area contributed by atoms with E-state index in [1.807, 2.05) is 19.9 Å². The van der Waals surface area contributed by atoms with Crippen LogP contribution in [0.4, 0.5) is 11.5 Å². The Morgan fingerprint density at radius 2 is 2.00 bits per heavy atom. The summed E-state index contributed by atoms with van der Waals surface area (Å²) in [5, 5.41) is 4.27. The molecule has 0 saturated heterocycles. The summed E-state index contributed by atoms with van der Waals surface area (Å²) in [6.45, 7) is 4.05. The van der Waals surface area contributed by atoms with Crippen LogP contribution in [0.1, 0.15) is 20.8 Å². The van der Waals surface area contributed by atoms with Crippen molar-refractivity contribution >= 4 is 50.6 Å². The summed E-state index contributed by atoms with van der Waals surface area (Å²) in [6.07, 6.45) is 0. The second-order valence-electron chi connectivity index (χ2n) is 4.97. The van der Waals surface area contributed by atoms with Crippen LogP contribution in [0.2, 0.25) is 5.28 Å². The Bertz CT molecular complexity index is 908. The van der Waals surface area contributed by atoms with E-state index >= 15 is 0 Å². The lowest BCUT2D eigenvalue weighted by molar-refractivity contribution is 0.0602. The molecule has 0 aliphatic heterocycles. The van der Waals surface area contributed by atoms with Gasteiger partial charge in [0, 0.05) is 4.88 Å². The molecule has 0 aliphatic rings. The average molecular weight is 348 g/mol. The van der Waals surface area contributed by atoms with E-state index < -0.39 is 5.97 Å². The average Bonchev–Trinajstić information content (AvgIpc) is 2.81. The van der Waals surface area contributed by atoms with Crippen LogP contribution in [0.15, 0.2) is 24.3 Å². The van der Waals surface area contributed by atoms with Gasteiger partial charge in [-0.15, -0.1) is 11.3 Å². The number of methoxy groups -OCH3 is 1. The van der Waals surface area contributed by atoms with Crippen LogP contribution in [0.3, 0.4) is 0 Å². The summed E-state index contributed by atoms with van der Waals surface area (Å²) in [5.74, 6) is 0.168. The van der Waals surface area contributed by atoms with Gasteiger partial charge in [-0.2, -0.15) is 4.98 Å². The predicted molar refractivity (Wildman–Crippen MR) is 93.0 cm³/mol. The van der Waals surface area contributed by atoms with Gasteiger partial charge in [0.1, 0.15) is 10.6 Å². The van der Waals surface area contributed by atoms with Gasteiger partial charge in [-0.1, -0.05) is 12.1 Å². The van der Waals surface area contributed by atoms with Gasteiger partial charge in [-0.3, -0.25) is 0 Å². The van der Waals surface area contributed by atoms with Crippen LogP contribution in [-0.4, -0.2) is 23.0 Å². The molecular weight excluding hydrogens is 334 g/mol. The summed E-state index contributed by atoms with van der Waals surface area (Å²) in [6, 6.07) is 7.10. The van der Waals surface area contributed by atoms with Crippen molar-refractivity contribution in [3.63, 3.8) is 0 Å². The van der Waals surface area contributed by atoms with Crippen LogP contribution >= 0.6 is 22.9 Å². The van der Waals surface area contributed by atoms with Crippen molar-refractivity contribution in [3.8, 4) is 0 Å². The van der Waals surface area contributed by atoms with Crippen molar-refractivity contribution < 1.29 is 9.53 Å². The summed E-state index contributed by atoms with van der Waals surface area (Å²) >= 11 is 7.60. The standard InChI is InChI=1S/C16H14ClN3O2S/c1-8-9(2)23-14-12(8)13(19-16(17)20-14)18-11-7-5-4-6-10(11)15(21)22-3/h4-7H,1-3H3,(H,18,19,20). The highest BCUT2D eigenvalue weighted by atomic mass is 35.5. The van der Waals surface area contributed by atoms with Gasteiger partial charge in [0.15, 0.2) is 0 Å². The molecule has 0 spiro atoms. The van der Waals surface area contributed by atoms with E-state index in [4.69, 9.17) is 16.3 Å². The summed E-state index contributed by atoms with van der Waals surface area (Å²) in [4.78, 5) is 22.4. The molecule has 1 aromatic carbocycles. The van der Waals surface area contributed by atoms with Crippen molar-refractivity contribution in [2.24, 2.45) is 0 Å². The molecule has 7 heteroatoms. The molecule has 0 aliphatic carbocycles. The first-order chi connectivity index (χ1) is 11.0. The first-order valence-electron chi connectivity index (χ1n) is 6.89. The van der Waals surface area contributed by atoms with Gasteiger partial charge in [0.25, 0.3) is 0 Å². The van der Waals surface area contributed by atoms with Crippen molar-refractivity contribution in [2.45, 2.75) is 13.8 Å². The Morgan fingerprint density at radius 1 is 1.26 bits per heavy atom. The highest BCUT2D eigenvalue weighted by molar-refractivity contribution is 7.18. The second kappa shape index (κ2) is 6.14. The largest absolute Gasteiger partial charge is 0.465 e. The van der Waals surface area contributed by atoms with E-state index in [0.29, 0.717) is 17.1 Å². The minimum Gasteiger partial charge on any atom is -0.465 e. The molecule has 0 atom stereocenters. The number of aromatic nitrogens is 2. The molecule has 0 radical (unpaired) electrons. The second-order valence-corrected chi connectivity index (χ2v) is 6.51. The van der Waals surface area contributed by atoms with Crippen molar-refractivity contribution in [2.75, 3.05) is 12.4 Å². The fraction of sp³-hybridized carbons (Fsp3) is 0.188. The number of aryl methyl sites for hydroxylation is 2. The molecule has 5 nitrogen and oxygen atoms in total. The quantitative estimate of drug-likeness (QED) is 0.558. The summed E-state index contributed by atoms with van der Waals surface area (Å²) in [5.41, 5.74) is 2.14. The molecule has 3 aromatic rings. The number of para-hydroxylation sites is 1. The van der Waals surface area contributed by atoms with Gasteiger partial charge in [0.05, 0.1) is 23.7 Å². The van der Waals surface area contributed by atoms with E-state index in [0.717, 1.165) is 20.7 Å². The number of thiophene rings is 1. The molecule has 1 N–H and O–H groups in total. The van der Waals surface area contributed by atoms with Crippen LogP contribution in [-0.2, 0) is 4.74 Å². The Labute approximate surface area is 142 Å². The monoisotopic (exact) mass is 347 g/mol. The number of carbonyl (C=O) groups is 1. The van der Waals surface area contributed by atoms with Gasteiger partial charge < -0.3 is 10.1 Å². The van der Waals surface area contributed by atoms with Crippen LogP contribution in [0.5, 0.6) is 0 Å². The number of nitrogens with zero attached hydrogens (tertiary/aromatic N) is 2. The third-order valence-corrected chi connectivity index (χ3v) is 4.86. The fourth-order valence-corrected chi connectivity index (χ4v) is 3.57. The maximum Gasteiger partial charge on any atom is 0.339 e. The summed E-state index contributed by atoms with van der Waals surface area (Å²) in [7, 11) is 1.35. The van der Waals surface area contributed by atoms with E-state index in [1.54, 1.807) is 29.5 Å². The number of esters is 1. The van der Waals surface area contributed by atoms with Crippen molar-refractivity contribution in [1.82, 2.24) is 9.97 Å². The molecule has 23 heavy (non-hydrogen) atoms. The Balaban J connectivity index is 2.14. The molecule has 3 rings (SSSR count). The minimum absolute atomic E-state index is 0.164. The zero-order valence-electron chi connectivity index (χ0n) is 12.8. The van der Waals surface area contributed by atoms with E-state index in [-0.39, 0.29) is 5.28 Å². The molecule has 118 valence electrons. The topological polar surface area (TPSA) is 64.1 Å². The Kier molecular flexibility index (Phi) is 4.19. The first kappa shape index (κ1) is 15.7. The van der Waals surface area contributed by atoms with Crippen LogP contribution < -0.4 is 5.32 Å². The van der Waals surface area contributed by atoms with Gasteiger partial charge in [0.2, 0.25) is 5.28 Å². The highest BCUT2D eigenvalue weighted by Gasteiger charge is 2.17. The molecule has 0 bridgehead atoms. The number of anilines is 2. The molecule has 0 fully saturated rings. The lowest BCUT2D eigenvalue weighted by atomic mass is 10.1.